The van der Waals surface area contributed by atoms with Gasteiger partial charge in [0.1, 0.15) is 0 Å². The van der Waals surface area contributed by atoms with Crippen molar-refractivity contribution in [2.75, 3.05) is 55.7 Å². The van der Waals surface area contributed by atoms with Gasteiger partial charge >= 0.3 is 23.8 Å². The summed E-state index contributed by atoms with van der Waals surface area (Å²) in [6.45, 7) is 19.4. The second-order valence-corrected chi connectivity index (χ2v) is 41.4. The molecular formula is C37H86FNO9Si6. The molecule has 17 heteroatoms. The van der Waals surface area contributed by atoms with Crippen LogP contribution in [0, 0.1) is 0 Å². The van der Waals surface area contributed by atoms with Crippen LogP contribution in [0.5, 0.6) is 0 Å². The lowest BCUT2D eigenvalue weighted by Crippen LogP contribution is -2.45. The molecule has 0 aliphatic rings. The third kappa shape index (κ3) is 25.0. The standard InChI is InChI=1S/C37H86FNO9Si6/c1-41-53(42-2,43-3)35-25-21-17-15-19-23-31-49(7,8)47-51(11,12)33-27-29-39(37(38)40)30-28-34-52(13,14)48-50(9,10)32-24-20-16-18-22-26-36-54(44-4,45-5)46-6/h15-36H2,1-14H3. The smallest absolute Gasteiger partial charge is 0.455 e. The largest absolute Gasteiger partial charge is 0.500 e. The van der Waals surface area contributed by atoms with Crippen LogP contribution in [0.1, 0.15) is 89.9 Å². The molecule has 0 atom stereocenters. The molecule has 0 N–H and O–H groups in total. The van der Waals surface area contributed by atoms with E-state index in [1.807, 2.05) is 0 Å². The van der Waals surface area contributed by atoms with Crippen LogP contribution in [0.25, 0.3) is 0 Å². The summed E-state index contributed by atoms with van der Waals surface area (Å²) in [5.74, 6) is 0. The first-order valence-electron chi connectivity index (χ1n) is 20.9. The van der Waals surface area contributed by atoms with Gasteiger partial charge in [0.2, 0.25) is 0 Å². The van der Waals surface area contributed by atoms with Gasteiger partial charge in [-0.25, -0.2) is 4.79 Å². The van der Waals surface area contributed by atoms with Crippen molar-refractivity contribution in [3.05, 3.63) is 0 Å². The molecule has 0 heterocycles. The summed E-state index contributed by atoms with van der Waals surface area (Å²) >= 11 is 0. The van der Waals surface area contributed by atoms with Gasteiger partial charge in [-0.2, -0.15) is 0 Å². The average molecular weight is 877 g/mol. The van der Waals surface area contributed by atoms with E-state index in [4.69, 9.17) is 34.8 Å². The lowest BCUT2D eigenvalue weighted by molar-refractivity contribution is 0.122. The molecule has 1 amide bonds. The molecule has 0 saturated carbocycles. The van der Waals surface area contributed by atoms with Crippen molar-refractivity contribution in [3.8, 4) is 0 Å². The molecule has 54 heavy (non-hydrogen) atoms. The number of amides is 1. The van der Waals surface area contributed by atoms with Crippen LogP contribution in [0.15, 0.2) is 0 Å². The summed E-state index contributed by atoms with van der Waals surface area (Å²) < 4.78 is 61.0. The Morgan fingerprint density at radius 1 is 0.389 bits per heavy atom. The number of halogens is 1. The van der Waals surface area contributed by atoms with Crippen LogP contribution in [0.4, 0.5) is 9.18 Å². The highest BCUT2D eigenvalue weighted by atomic mass is 28.4. The van der Waals surface area contributed by atoms with Gasteiger partial charge in [0, 0.05) is 67.8 Å². The maximum absolute atomic E-state index is 14.1. The molecule has 0 aromatic heterocycles. The molecule has 0 aliphatic heterocycles. The molecule has 324 valence electrons. The Balaban J connectivity index is 4.42. The highest BCUT2D eigenvalue weighted by molar-refractivity contribution is 6.85. The molecular weight excluding hydrogens is 790 g/mol. The van der Waals surface area contributed by atoms with E-state index in [0.717, 1.165) is 61.9 Å². The van der Waals surface area contributed by atoms with Crippen molar-refractivity contribution < 1.29 is 44.0 Å². The third-order valence-corrected chi connectivity index (χ3v) is 31.4. The third-order valence-electron chi connectivity index (χ3n) is 10.7. The number of rotatable bonds is 36. The lowest BCUT2D eigenvalue weighted by atomic mass is 10.1. The topological polar surface area (TPSA) is 94.2 Å². The highest BCUT2D eigenvalue weighted by Gasteiger charge is 2.38. The Kier molecular flexibility index (Phi) is 28.2. The van der Waals surface area contributed by atoms with Gasteiger partial charge in [-0.3, -0.25) is 0 Å². The van der Waals surface area contributed by atoms with Crippen LogP contribution >= 0.6 is 0 Å². The minimum atomic E-state index is -2.45. The van der Waals surface area contributed by atoms with Crippen LogP contribution in [0.2, 0.25) is 88.6 Å². The van der Waals surface area contributed by atoms with Crippen molar-refractivity contribution in [2.45, 2.75) is 179 Å². The van der Waals surface area contributed by atoms with Crippen molar-refractivity contribution in [1.29, 1.82) is 0 Å². The highest BCUT2D eigenvalue weighted by Crippen LogP contribution is 2.28. The first kappa shape index (κ1) is 54.4. The fraction of sp³-hybridized carbons (Fsp3) is 0.973. The van der Waals surface area contributed by atoms with E-state index in [9.17, 15) is 9.18 Å². The monoisotopic (exact) mass is 875 g/mol. The molecule has 0 rings (SSSR count). The fourth-order valence-corrected chi connectivity index (χ4v) is 29.1. The lowest BCUT2D eigenvalue weighted by Gasteiger charge is -2.35. The molecule has 0 fully saturated rings. The van der Waals surface area contributed by atoms with E-state index >= 15 is 0 Å². The van der Waals surface area contributed by atoms with Gasteiger partial charge < -0.3 is 39.7 Å². The molecule has 0 bridgehead atoms. The van der Waals surface area contributed by atoms with E-state index in [2.05, 4.69) is 52.4 Å². The van der Waals surface area contributed by atoms with Gasteiger partial charge in [0.25, 0.3) is 0 Å². The predicted octanol–water partition coefficient (Wildman–Crippen LogP) is 11.4. The van der Waals surface area contributed by atoms with Crippen LogP contribution in [-0.2, 0) is 34.8 Å². The second kappa shape index (κ2) is 28.0. The Labute approximate surface area is 338 Å². The SMILES string of the molecule is CO[Si](CCCCCCCC[Si](C)(C)O[Si](C)(C)CCCN(CCC[Si](C)(C)O[Si](C)(C)CCCCCCCC[Si](OC)(OC)OC)C(=O)F)(OC)OC. The molecule has 0 aromatic rings. The average Bonchev–Trinajstić information content (AvgIpc) is 3.09. The molecule has 10 nitrogen and oxygen atoms in total. The molecule has 0 aromatic carbocycles. The van der Waals surface area contributed by atoms with E-state index in [-0.39, 0.29) is 0 Å². The van der Waals surface area contributed by atoms with E-state index in [0.29, 0.717) is 13.1 Å². The van der Waals surface area contributed by atoms with Gasteiger partial charge in [0.05, 0.1) is 0 Å². The zero-order valence-corrected chi connectivity index (χ0v) is 43.6. The Morgan fingerprint density at radius 3 is 0.852 bits per heavy atom. The number of unbranched alkanes of at least 4 members (excludes halogenated alkanes) is 10. The number of hydrogen-bond donors (Lipinski definition) is 0. The number of hydrogen-bond acceptors (Lipinski definition) is 9. The molecule has 0 unspecified atom stereocenters. The zero-order valence-electron chi connectivity index (χ0n) is 37.6. The van der Waals surface area contributed by atoms with E-state index in [1.54, 1.807) is 42.7 Å². The maximum atomic E-state index is 14.1. The summed E-state index contributed by atoms with van der Waals surface area (Å²) in [6, 6.07) is 5.92. The van der Waals surface area contributed by atoms with Gasteiger partial charge in [-0.15, -0.1) is 4.39 Å². The first-order valence-corrected chi connectivity index (χ1v) is 37.2. The summed E-state index contributed by atoms with van der Waals surface area (Å²) in [5.41, 5.74) is 0. The Hall–Kier alpha value is 0.381. The van der Waals surface area contributed by atoms with Gasteiger partial charge in [0.15, 0.2) is 33.3 Å². The quantitative estimate of drug-likeness (QED) is 0.0264. The summed E-state index contributed by atoms with van der Waals surface area (Å²) in [6.07, 6.45) is 14.5. The molecule has 0 spiro atoms. The fourth-order valence-electron chi connectivity index (χ4n) is 7.69. The molecule has 0 saturated heterocycles. The second-order valence-electron chi connectivity index (χ2n) is 17.5. The van der Waals surface area contributed by atoms with Crippen molar-refractivity contribution >= 4 is 57.0 Å². The minimum Gasteiger partial charge on any atom is -0.455 e. The van der Waals surface area contributed by atoms with Gasteiger partial charge in [-0.05, 0) is 102 Å². The van der Waals surface area contributed by atoms with Crippen LogP contribution < -0.4 is 0 Å². The normalized spacial score (nSPS) is 13.5. The summed E-state index contributed by atoms with van der Waals surface area (Å²) in [5, 5.41) is 0. The molecule has 0 radical (unpaired) electrons. The minimum absolute atomic E-state index is 0.455. The van der Waals surface area contributed by atoms with E-state index < -0.39 is 57.0 Å². The first-order chi connectivity index (χ1) is 25.2. The molecule has 0 aliphatic carbocycles. The number of carbonyl (C=O) groups excluding carboxylic acids is 1. The summed E-state index contributed by atoms with van der Waals surface area (Å²) in [4.78, 5) is 13.4. The number of carbonyl (C=O) groups is 1. The summed E-state index contributed by atoms with van der Waals surface area (Å²) in [7, 11) is -2.29. The van der Waals surface area contributed by atoms with Crippen LogP contribution in [0.3, 0.4) is 0 Å². The zero-order chi connectivity index (χ0) is 41.4. The van der Waals surface area contributed by atoms with Crippen molar-refractivity contribution in [1.82, 2.24) is 4.90 Å². The maximum Gasteiger partial charge on any atom is 0.500 e. The van der Waals surface area contributed by atoms with E-state index in [1.165, 1.54) is 69.1 Å². The Morgan fingerprint density at radius 2 is 0.611 bits per heavy atom. The van der Waals surface area contributed by atoms with Gasteiger partial charge in [-0.1, -0.05) is 64.2 Å². The predicted molar refractivity (Wildman–Crippen MR) is 237 cm³/mol. The van der Waals surface area contributed by atoms with Crippen molar-refractivity contribution in [2.24, 2.45) is 0 Å². The Bertz CT molecular complexity index is 892. The number of nitrogens with zero attached hydrogens (tertiary/aromatic N) is 1. The van der Waals surface area contributed by atoms with Crippen LogP contribution in [-0.4, -0.2) is 118 Å². The van der Waals surface area contributed by atoms with Crippen molar-refractivity contribution in [3.63, 3.8) is 0 Å².